The van der Waals surface area contributed by atoms with E-state index in [2.05, 4.69) is 34.3 Å². The first-order valence-corrected chi connectivity index (χ1v) is 6.63. The fraction of sp³-hybridized carbons (Fsp3) is 0.357. The van der Waals surface area contributed by atoms with Crippen molar-refractivity contribution in [3.8, 4) is 0 Å². The topological polar surface area (TPSA) is 40.7 Å². The van der Waals surface area contributed by atoms with Crippen molar-refractivity contribution in [3.05, 3.63) is 52.6 Å². The molecule has 3 rings (SSSR count). The highest BCUT2D eigenvalue weighted by molar-refractivity contribution is 6.30. The molecular weight excluding hydrogens is 246 g/mol. The van der Waals surface area contributed by atoms with Crippen LogP contribution in [0, 0.1) is 0 Å². The number of hydrogen-bond acceptors (Lipinski definition) is 2. The van der Waals surface area contributed by atoms with Gasteiger partial charge < -0.3 is 10.3 Å². The van der Waals surface area contributed by atoms with Gasteiger partial charge in [-0.1, -0.05) is 17.7 Å². The number of aromatic nitrogens is 2. The molecule has 0 radical (unpaired) electrons. The smallest absolute Gasteiger partial charge is 0.122 e. The Morgan fingerprint density at radius 2 is 2.22 bits per heavy atom. The van der Waals surface area contributed by atoms with Crippen molar-refractivity contribution >= 4 is 11.6 Å². The van der Waals surface area contributed by atoms with Crippen LogP contribution in [0.3, 0.4) is 0 Å². The zero-order valence-corrected chi connectivity index (χ0v) is 11.0. The Morgan fingerprint density at radius 3 is 3.00 bits per heavy atom. The number of imidazole rings is 1. The van der Waals surface area contributed by atoms with Crippen LogP contribution in [0.25, 0.3) is 0 Å². The monoisotopic (exact) mass is 261 g/mol. The van der Waals surface area contributed by atoms with Gasteiger partial charge in [0.15, 0.2) is 0 Å². The average molecular weight is 262 g/mol. The molecule has 0 saturated heterocycles. The Hall–Kier alpha value is -1.32. The molecule has 2 unspecified atom stereocenters. The molecule has 0 saturated carbocycles. The van der Waals surface area contributed by atoms with E-state index in [1.54, 1.807) is 6.20 Å². The van der Waals surface area contributed by atoms with Crippen LogP contribution < -0.4 is 5.32 Å². The molecule has 18 heavy (non-hydrogen) atoms. The Morgan fingerprint density at radius 1 is 1.39 bits per heavy atom. The van der Waals surface area contributed by atoms with Crippen molar-refractivity contribution in [2.75, 3.05) is 0 Å². The molecule has 4 heteroatoms. The summed E-state index contributed by atoms with van der Waals surface area (Å²) in [7, 11) is 0. The van der Waals surface area contributed by atoms with Crippen LogP contribution in [0.2, 0.25) is 5.02 Å². The molecule has 1 aliphatic carbocycles. The summed E-state index contributed by atoms with van der Waals surface area (Å²) in [4.78, 5) is 7.43. The van der Waals surface area contributed by atoms with Gasteiger partial charge in [-0.25, -0.2) is 4.98 Å². The fourth-order valence-corrected chi connectivity index (χ4v) is 2.85. The van der Waals surface area contributed by atoms with Crippen molar-refractivity contribution in [1.29, 1.82) is 0 Å². The van der Waals surface area contributed by atoms with Crippen LogP contribution >= 0.6 is 11.6 Å². The van der Waals surface area contributed by atoms with Gasteiger partial charge in [0, 0.05) is 23.5 Å². The Labute approximate surface area is 112 Å². The second kappa shape index (κ2) is 4.75. The number of halogens is 1. The summed E-state index contributed by atoms with van der Waals surface area (Å²) in [6.45, 7) is 2.13. The second-order valence-corrected chi connectivity index (χ2v) is 5.32. The van der Waals surface area contributed by atoms with E-state index >= 15 is 0 Å². The van der Waals surface area contributed by atoms with Gasteiger partial charge >= 0.3 is 0 Å². The van der Waals surface area contributed by atoms with Gasteiger partial charge in [-0.15, -0.1) is 0 Å². The van der Waals surface area contributed by atoms with E-state index in [0.717, 1.165) is 23.7 Å². The number of aromatic amines is 1. The van der Waals surface area contributed by atoms with Gasteiger partial charge in [-0.05, 0) is 43.0 Å². The Kier molecular flexibility index (Phi) is 3.10. The van der Waals surface area contributed by atoms with Gasteiger partial charge in [0.2, 0.25) is 0 Å². The lowest BCUT2D eigenvalue weighted by atomic mass is 10.1. The maximum absolute atomic E-state index is 6.02. The van der Waals surface area contributed by atoms with E-state index in [1.807, 2.05) is 12.3 Å². The second-order valence-electron chi connectivity index (χ2n) is 4.88. The normalized spacial score (nSPS) is 19.8. The summed E-state index contributed by atoms with van der Waals surface area (Å²) in [6, 6.07) is 6.90. The van der Waals surface area contributed by atoms with E-state index < -0.39 is 0 Å². The van der Waals surface area contributed by atoms with Crippen LogP contribution in [0.15, 0.2) is 30.6 Å². The van der Waals surface area contributed by atoms with E-state index in [4.69, 9.17) is 11.6 Å². The van der Waals surface area contributed by atoms with Gasteiger partial charge in [-0.3, -0.25) is 0 Å². The molecule has 0 fully saturated rings. The highest BCUT2D eigenvalue weighted by Crippen LogP contribution is 2.26. The highest BCUT2D eigenvalue weighted by Gasteiger charge is 2.23. The zero-order chi connectivity index (χ0) is 12.5. The molecule has 1 aliphatic rings. The number of H-pyrrole nitrogens is 1. The van der Waals surface area contributed by atoms with Crippen LogP contribution in [-0.2, 0) is 12.8 Å². The Bertz CT molecular complexity index is 536. The first-order valence-electron chi connectivity index (χ1n) is 6.25. The molecule has 0 bridgehead atoms. The molecule has 1 aromatic carbocycles. The van der Waals surface area contributed by atoms with Crippen molar-refractivity contribution in [1.82, 2.24) is 15.3 Å². The number of nitrogens with zero attached hydrogens (tertiary/aromatic N) is 1. The third-order valence-electron chi connectivity index (χ3n) is 3.52. The van der Waals surface area contributed by atoms with E-state index in [9.17, 15) is 0 Å². The predicted molar refractivity (Wildman–Crippen MR) is 72.8 cm³/mol. The first-order chi connectivity index (χ1) is 8.72. The van der Waals surface area contributed by atoms with Crippen LogP contribution in [-0.4, -0.2) is 16.0 Å². The minimum absolute atomic E-state index is 0.245. The third kappa shape index (κ3) is 2.28. The average Bonchev–Trinajstić information content (AvgIpc) is 2.95. The summed E-state index contributed by atoms with van der Waals surface area (Å²) >= 11 is 6.02. The van der Waals surface area contributed by atoms with Gasteiger partial charge in [0.1, 0.15) is 5.82 Å². The molecule has 0 aliphatic heterocycles. The SMILES string of the molecule is CC(NC1Cc2ccc(Cl)cc2C1)c1ncc[nH]1. The van der Waals surface area contributed by atoms with Gasteiger partial charge in [-0.2, -0.15) is 0 Å². The van der Waals surface area contributed by atoms with Crippen molar-refractivity contribution < 1.29 is 0 Å². The lowest BCUT2D eigenvalue weighted by molar-refractivity contribution is 0.455. The van der Waals surface area contributed by atoms with Crippen LogP contribution in [0.1, 0.15) is 29.9 Å². The largest absolute Gasteiger partial charge is 0.347 e. The zero-order valence-electron chi connectivity index (χ0n) is 10.3. The molecule has 2 aromatic rings. The number of fused-ring (bicyclic) bond motifs is 1. The quantitative estimate of drug-likeness (QED) is 0.892. The number of hydrogen-bond donors (Lipinski definition) is 2. The van der Waals surface area contributed by atoms with Crippen molar-refractivity contribution in [3.63, 3.8) is 0 Å². The molecule has 1 heterocycles. The van der Waals surface area contributed by atoms with Crippen LogP contribution in [0.4, 0.5) is 0 Å². The van der Waals surface area contributed by atoms with E-state index in [1.165, 1.54) is 11.1 Å². The molecule has 94 valence electrons. The summed E-state index contributed by atoms with van der Waals surface area (Å²) in [5.74, 6) is 0.990. The minimum Gasteiger partial charge on any atom is -0.347 e. The summed E-state index contributed by atoms with van der Waals surface area (Å²) in [5.41, 5.74) is 2.77. The summed E-state index contributed by atoms with van der Waals surface area (Å²) in [6.07, 6.45) is 5.76. The van der Waals surface area contributed by atoms with Crippen molar-refractivity contribution in [2.24, 2.45) is 0 Å². The maximum atomic E-state index is 6.02. The number of nitrogens with one attached hydrogen (secondary N) is 2. The molecule has 3 nitrogen and oxygen atoms in total. The molecule has 0 amide bonds. The number of benzene rings is 1. The molecular formula is C14H16ClN3. The molecule has 2 N–H and O–H groups in total. The first kappa shape index (κ1) is 11.8. The number of rotatable bonds is 3. The van der Waals surface area contributed by atoms with Crippen LogP contribution in [0.5, 0.6) is 0 Å². The lowest BCUT2D eigenvalue weighted by Crippen LogP contribution is -2.32. The summed E-state index contributed by atoms with van der Waals surface area (Å²) < 4.78 is 0. The van der Waals surface area contributed by atoms with E-state index in [0.29, 0.717) is 6.04 Å². The van der Waals surface area contributed by atoms with Gasteiger partial charge in [0.25, 0.3) is 0 Å². The third-order valence-corrected chi connectivity index (χ3v) is 3.75. The maximum Gasteiger partial charge on any atom is 0.122 e. The Balaban J connectivity index is 1.67. The van der Waals surface area contributed by atoms with Crippen molar-refractivity contribution in [2.45, 2.75) is 31.8 Å². The highest BCUT2D eigenvalue weighted by atomic mass is 35.5. The molecule has 2 atom stereocenters. The fourth-order valence-electron chi connectivity index (χ4n) is 2.65. The summed E-state index contributed by atoms with van der Waals surface area (Å²) in [5, 5.41) is 4.44. The minimum atomic E-state index is 0.245. The van der Waals surface area contributed by atoms with E-state index in [-0.39, 0.29) is 6.04 Å². The standard InChI is InChI=1S/C14H16ClN3/c1-9(14-16-4-5-17-14)18-13-7-10-2-3-12(15)6-11(10)8-13/h2-6,9,13,18H,7-8H2,1H3,(H,16,17). The lowest BCUT2D eigenvalue weighted by Gasteiger charge is -2.17. The molecule has 1 aromatic heterocycles. The predicted octanol–water partition coefficient (Wildman–Crippen LogP) is 2.88. The molecule has 0 spiro atoms. The van der Waals surface area contributed by atoms with Gasteiger partial charge in [0.05, 0.1) is 6.04 Å².